The van der Waals surface area contributed by atoms with Crippen LogP contribution in [0.2, 0.25) is 0 Å². The topological polar surface area (TPSA) is 78.7 Å². The van der Waals surface area contributed by atoms with Crippen LogP contribution < -0.4 is 11.1 Å². The molecule has 22 heavy (non-hydrogen) atoms. The third kappa shape index (κ3) is 4.68. The van der Waals surface area contributed by atoms with Crippen molar-refractivity contribution in [3.05, 3.63) is 0 Å². The Balaban J connectivity index is 1.92. The zero-order valence-electron chi connectivity index (χ0n) is 13.7. The van der Waals surface area contributed by atoms with Gasteiger partial charge in [-0.3, -0.25) is 14.5 Å². The first-order chi connectivity index (χ1) is 10.6. The number of nitrogens with two attached hydrogens (primary N) is 1. The molecule has 0 radical (unpaired) electrons. The number of hydrogen-bond donors (Lipinski definition) is 2. The van der Waals surface area contributed by atoms with Gasteiger partial charge in [0.1, 0.15) is 6.04 Å². The van der Waals surface area contributed by atoms with E-state index in [9.17, 15) is 9.59 Å². The van der Waals surface area contributed by atoms with Gasteiger partial charge in [0, 0.05) is 19.1 Å². The van der Waals surface area contributed by atoms with E-state index in [-0.39, 0.29) is 17.9 Å². The number of amides is 2. The van der Waals surface area contributed by atoms with Gasteiger partial charge in [0.05, 0.1) is 6.54 Å². The summed E-state index contributed by atoms with van der Waals surface area (Å²) in [6, 6.07) is -0.485. The van der Waals surface area contributed by atoms with E-state index in [4.69, 9.17) is 5.73 Å². The van der Waals surface area contributed by atoms with Crippen LogP contribution in [0.3, 0.4) is 0 Å². The third-order valence-electron chi connectivity index (χ3n) is 4.61. The predicted molar refractivity (Wildman–Crippen MR) is 86.3 cm³/mol. The quantitative estimate of drug-likeness (QED) is 0.784. The highest BCUT2D eigenvalue weighted by molar-refractivity contribution is 5.89. The molecule has 0 aromatic rings. The maximum Gasteiger partial charge on any atom is 0.242 e. The summed E-state index contributed by atoms with van der Waals surface area (Å²) < 4.78 is 0. The summed E-state index contributed by atoms with van der Waals surface area (Å²) >= 11 is 0. The molecule has 0 aromatic heterocycles. The summed E-state index contributed by atoms with van der Waals surface area (Å²) in [4.78, 5) is 28.7. The van der Waals surface area contributed by atoms with E-state index in [2.05, 4.69) is 10.2 Å². The zero-order chi connectivity index (χ0) is 15.9. The fraction of sp³-hybridized carbons (Fsp3) is 0.875. The van der Waals surface area contributed by atoms with E-state index in [0.29, 0.717) is 26.1 Å². The maximum absolute atomic E-state index is 12.6. The number of carbonyl (C=O) groups is 2. The molecule has 2 saturated heterocycles. The van der Waals surface area contributed by atoms with Crippen LogP contribution in [0.4, 0.5) is 0 Å². The Morgan fingerprint density at radius 2 is 1.77 bits per heavy atom. The van der Waals surface area contributed by atoms with Gasteiger partial charge in [-0.25, -0.2) is 0 Å². The Morgan fingerprint density at radius 3 is 2.41 bits per heavy atom. The molecule has 0 spiro atoms. The number of nitrogens with one attached hydrogen (secondary N) is 1. The second-order valence-corrected chi connectivity index (χ2v) is 6.50. The minimum Gasteiger partial charge on any atom is -0.355 e. The number of rotatable bonds is 4. The van der Waals surface area contributed by atoms with Gasteiger partial charge < -0.3 is 16.0 Å². The van der Waals surface area contributed by atoms with Crippen LogP contribution in [0.15, 0.2) is 0 Å². The standard InChI is InChI=1S/C16H30N4O2/c1-2-18-16(22)14-10-13(17)11-20(14)15(21)12-19-8-6-4-3-5-7-9-19/h13-14H,2-12,17H2,1H3,(H,18,22)/t13-,14-/m0/s1. The lowest BCUT2D eigenvalue weighted by molar-refractivity contribution is -0.139. The molecule has 2 rings (SSSR count). The second-order valence-electron chi connectivity index (χ2n) is 6.50. The first-order valence-corrected chi connectivity index (χ1v) is 8.67. The van der Waals surface area contributed by atoms with E-state index in [1.54, 1.807) is 4.90 Å². The van der Waals surface area contributed by atoms with Crippen LogP contribution in [0.1, 0.15) is 45.4 Å². The minimum atomic E-state index is -0.391. The summed E-state index contributed by atoms with van der Waals surface area (Å²) in [5, 5.41) is 2.81. The lowest BCUT2D eigenvalue weighted by atomic mass is 10.1. The first-order valence-electron chi connectivity index (χ1n) is 8.67. The van der Waals surface area contributed by atoms with Crippen molar-refractivity contribution in [3.8, 4) is 0 Å². The summed E-state index contributed by atoms with van der Waals surface area (Å²) in [5.74, 6) is -0.0266. The predicted octanol–water partition coefficient (Wildman–Crippen LogP) is 0.317. The molecule has 0 saturated carbocycles. The zero-order valence-corrected chi connectivity index (χ0v) is 13.7. The molecule has 0 bridgehead atoms. The highest BCUT2D eigenvalue weighted by Crippen LogP contribution is 2.18. The Labute approximate surface area is 133 Å². The van der Waals surface area contributed by atoms with E-state index in [1.807, 2.05) is 6.92 Å². The fourth-order valence-corrected chi connectivity index (χ4v) is 3.44. The first kappa shape index (κ1) is 17.2. The molecule has 0 unspecified atom stereocenters. The average Bonchev–Trinajstić information content (AvgIpc) is 2.84. The van der Waals surface area contributed by atoms with Crippen molar-refractivity contribution < 1.29 is 9.59 Å². The molecular formula is C16H30N4O2. The van der Waals surface area contributed by atoms with Crippen LogP contribution in [0, 0.1) is 0 Å². The minimum absolute atomic E-state index is 0.0461. The van der Waals surface area contributed by atoms with E-state index in [1.165, 1.54) is 19.3 Å². The molecule has 2 fully saturated rings. The Morgan fingerprint density at radius 1 is 1.14 bits per heavy atom. The molecule has 2 aliphatic heterocycles. The van der Waals surface area contributed by atoms with Crippen molar-refractivity contribution >= 4 is 11.8 Å². The maximum atomic E-state index is 12.6. The van der Waals surface area contributed by atoms with Crippen LogP contribution in [0.5, 0.6) is 0 Å². The summed E-state index contributed by atoms with van der Waals surface area (Å²) in [6.45, 7) is 5.35. The average molecular weight is 310 g/mol. The van der Waals surface area contributed by atoms with Gasteiger partial charge in [-0.15, -0.1) is 0 Å². The fourth-order valence-electron chi connectivity index (χ4n) is 3.44. The number of hydrogen-bond acceptors (Lipinski definition) is 4. The smallest absolute Gasteiger partial charge is 0.242 e. The van der Waals surface area contributed by atoms with Crippen molar-refractivity contribution in [1.29, 1.82) is 0 Å². The van der Waals surface area contributed by atoms with E-state index in [0.717, 1.165) is 25.9 Å². The number of nitrogens with zero attached hydrogens (tertiary/aromatic N) is 2. The molecular weight excluding hydrogens is 280 g/mol. The molecule has 126 valence electrons. The van der Waals surface area contributed by atoms with Crippen LogP contribution in [0.25, 0.3) is 0 Å². The molecule has 0 aromatic carbocycles. The van der Waals surface area contributed by atoms with Gasteiger partial charge in [-0.05, 0) is 39.3 Å². The van der Waals surface area contributed by atoms with Crippen molar-refractivity contribution in [2.75, 3.05) is 32.7 Å². The monoisotopic (exact) mass is 310 g/mol. The van der Waals surface area contributed by atoms with Gasteiger partial charge in [0.25, 0.3) is 0 Å². The highest BCUT2D eigenvalue weighted by Gasteiger charge is 2.38. The second kappa shape index (κ2) is 8.48. The van der Waals surface area contributed by atoms with E-state index >= 15 is 0 Å². The van der Waals surface area contributed by atoms with Crippen LogP contribution in [-0.4, -0.2) is 66.4 Å². The molecule has 0 aliphatic carbocycles. The molecule has 6 nitrogen and oxygen atoms in total. The van der Waals surface area contributed by atoms with Crippen molar-refractivity contribution in [3.63, 3.8) is 0 Å². The van der Waals surface area contributed by atoms with Gasteiger partial charge >= 0.3 is 0 Å². The van der Waals surface area contributed by atoms with Gasteiger partial charge in [-0.2, -0.15) is 0 Å². The summed E-state index contributed by atoms with van der Waals surface area (Å²) in [6.07, 6.45) is 6.69. The van der Waals surface area contributed by atoms with Gasteiger partial charge in [-0.1, -0.05) is 19.3 Å². The van der Waals surface area contributed by atoms with Crippen molar-refractivity contribution in [1.82, 2.24) is 15.1 Å². The van der Waals surface area contributed by atoms with Crippen LogP contribution in [-0.2, 0) is 9.59 Å². The molecule has 2 atom stereocenters. The van der Waals surface area contributed by atoms with Crippen LogP contribution >= 0.6 is 0 Å². The largest absolute Gasteiger partial charge is 0.355 e. The number of carbonyl (C=O) groups excluding carboxylic acids is 2. The summed E-state index contributed by atoms with van der Waals surface area (Å²) in [7, 11) is 0. The molecule has 3 N–H and O–H groups in total. The number of likely N-dealkylation sites (tertiary alicyclic amines) is 2. The van der Waals surface area contributed by atoms with Crippen molar-refractivity contribution in [2.45, 2.75) is 57.5 Å². The lowest BCUT2D eigenvalue weighted by Gasteiger charge is -2.29. The molecule has 6 heteroatoms. The Hall–Kier alpha value is -1.14. The van der Waals surface area contributed by atoms with Crippen molar-refractivity contribution in [2.24, 2.45) is 5.73 Å². The molecule has 2 amide bonds. The third-order valence-corrected chi connectivity index (χ3v) is 4.61. The number of likely N-dealkylation sites (N-methyl/N-ethyl adjacent to an activating group) is 1. The SMILES string of the molecule is CCNC(=O)[C@@H]1C[C@H](N)CN1C(=O)CN1CCCCCCC1. The summed E-state index contributed by atoms with van der Waals surface area (Å²) in [5.41, 5.74) is 5.98. The van der Waals surface area contributed by atoms with E-state index < -0.39 is 6.04 Å². The lowest BCUT2D eigenvalue weighted by Crippen LogP contribution is -2.49. The van der Waals surface area contributed by atoms with Gasteiger partial charge in [0.2, 0.25) is 11.8 Å². The Kier molecular flexibility index (Phi) is 6.64. The molecule has 2 aliphatic rings. The highest BCUT2D eigenvalue weighted by atomic mass is 16.2. The van der Waals surface area contributed by atoms with Gasteiger partial charge in [0.15, 0.2) is 0 Å². The Bertz CT molecular complexity index is 380. The molecule has 2 heterocycles. The normalized spacial score (nSPS) is 27.3.